The summed E-state index contributed by atoms with van der Waals surface area (Å²) in [6.45, 7) is 1.89. The summed E-state index contributed by atoms with van der Waals surface area (Å²) in [5.74, 6) is 0.610. The Morgan fingerprint density at radius 2 is 1.70 bits per heavy atom. The second-order valence-electron chi connectivity index (χ2n) is 5.08. The molecular formula is C18H20N2O2S. The van der Waals surface area contributed by atoms with E-state index in [0.29, 0.717) is 11.3 Å². The molecule has 0 aromatic heterocycles. The number of hydrogen-bond donors (Lipinski definition) is 2. The minimum absolute atomic E-state index is 0.0429. The lowest BCUT2D eigenvalue weighted by Gasteiger charge is -2.12. The molecule has 0 spiro atoms. The van der Waals surface area contributed by atoms with Gasteiger partial charge in [0.15, 0.2) is 0 Å². The fourth-order valence-electron chi connectivity index (χ4n) is 1.96. The predicted octanol–water partition coefficient (Wildman–Crippen LogP) is 3.31. The Morgan fingerprint density at radius 3 is 2.30 bits per heavy atom. The Kier molecular flexibility index (Phi) is 6.23. The van der Waals surface area contributed by atoms with Crippen LogP contribution in [0.3, 0.4) is 0 Å². The van der Waals surface area contributed by atoms with E-state index in [2.05, 4.69) is 22.8 Å². The monoisotopic (exact) mass is 328 g/mol. The predicted molar refractivity (Wildman–Crippen MR) is 95.7 cm³/mol. The molecule has 0 bridgehead atoms. The lowest BCUT2D eigenvalue weighted by Crippen LogP contribution is -2.22. The van der Waals surface area contributed by atoms with Gasteiger partial charge in [0, 0.05) is 24.1 Å². The van der Waals surface area contributed by atoms with E-state index in [4.69, 9.17) is 0 Å². The van der Waals surface area contributed by atoms with Crippen LogP contribution in [0.5, 0.6) is 0 Å². The van der Waals surface area contributed by atoms with Gasteiger partial charge in [-0.15, -0.1) is 11.8 Å². The van der Waals surface area contributed by atoms with Gasteiger partial charge in [-0.2, -0.15) is 0 Å². The SMILES string of the molecule is CNC(=O)c1ccc(NC(=O)C(C)SCc2ccccc2)cc1. The molecule has 0 saturated carbocycles. The third-order valence-electron chi connectivity index (χ3n) is 3.35. The largest absolute Gasteiger partial charge is 0.355 e. The summed E-state index contributed by atoms with van der Waals surface area (Å²) in [4.78, 5) is 23.7. The van der Waals surface area contributed by atoms with E-state index in [0.717, 1.165) is 5.75 Å². The average Bonchev–Trinajstić information content (AvgIpc) is 2.60. The minimum Gasteiger partial charge on any atom is -0.355 e. The second kappa shape index (κ2) is 8.39. The molecule has 4 nitrogen and oxygen atoms in total. The van der Waals surface area contributed by atoms with Gasteiger partial charge in [-0.3, -0.25) is 9.59 Å². The maximum Gasteiger partial charge on any atom is 0.251 e. The zero-order valence-corrected chi connectivity index (χ0v) is 14.0. The molecule has 120 valence electrons. The first-order chi connectivity index (χ1) is 11.1. The normalized spacial score (nSPS) is 11.6. The molecule has 1 atom stereocenters. The van der Waals surface area contributed by atoms with Crippen molar-refractivity contribution >= 4 is 29.3 Å². The van der Waals surface area contributed by atoms with Crippen LogP contribution in [-0.2, 0) is 10.5 Å². The summed E-state index contributed by atoms with van der Waals surface area (Å²) in [6, 6.07) is 16.9. The fourth-order valence-corrected chi connectivity index (χ4v) is 2.81. The number of rotatable bonds is 6. The summed E-state index contributed by atoms with van der Waals surface area (Å²) in [5.41, 5.74) is 2.46. The first kappa shape index (κ1) is 17.1. The zero-order valence-electron chi connectivity index (χ0n) is 13.2. The van der Waals surface area contributed by atoms with Crippen molar-refractivity contribution in [2.45, 2.75) is 17.9 Å². The van der Waals surface area contributed by atoms with E-state index in [1.54, 1.807) is 43.1 Å². The summed E-state index contributed by atoms with van der Waals surface area (Å²) in [7, 11) is 1.59. The van der Waals surface area contributed by atoms with E-state index >= 15 is 0 Å². The highest BCUT2D eigenvalue weighted by atomic mass is 32.2. The van der Waals surface area contributed by atoms with Crippen LogP contribution in [-0.4, -0.2) is 24.1 Å². The molecule has 0 radical (unpaired) electrons. The van der Waals surface area contributed by atoms with E-state index < -0.39 is 0 Å². The van der Waals surface area contributed by atoms with Gasteiger partial charge in [0.2, 0.25) is 5.91 Å². The van der Waals surface area contributed by atoms with Gasteiger partial charge >= 0.3 is 0 Å². The van der Waals surface area contributed by atoms with Crippen molar-refractivity contribution in [3.63, 3.8) is 0 Å². The summed E-state index contributed by atoms with van der Waals surface area (Å²) in [6.07, 6.45) is 0. The fraction of sp³-hybridized carbons (Fsp3) is 0.222. The summed E-state index contributed by atoms with van der Waals surface area (Å²) < 4.78 is 0. The third-order valence-corrected chi connectivity index (χ3v) is 4.57. The maximum absolute atomic E-state index is 12.2. The third kappa shape index (κ3) is 5.14. The van der Waals surface area contributed by atoms with Crippen molar-refractivity contribution in [1.29, 1.82) is 0 Å². The van der Waals surface area contributed by atoms with Gasteiger partial charge in [-0.25, -0.2) is 0 Å². The highest BCUT2D eigenvalue weighted by Gasteiger charge is 2.14. The number of amides is 2. The van der Waals surface area contributed by atoms with Crippen molar-refractivity contribution in [1.82, 2.24) is 5.32 Å². The Balaban J connectivity index is 1.86. The van der Waals surface area contributed by atoms with E-state index in [-0.39, 0.29) is 17.1 Å². The Bertz CT molecular complexity index is 656. The molecule has 5 heteroatoms. The van der Waals surface area contributed by atoms with Crippen LogP contribution in [0.15, 0.2) is 54.6 Å². The Hall–Kier alpha value is -2.27. The standard InChI is InChI=1S/C18H20N2O2S/c1-13(23-12-14-6-4-3-5-7-14)17(21)20-16-10-8-15(9-11-16)18(22)19-2/h3-11,13H,12H2,1-2H3,(H,19,22)(H,20,21). The van der Waals surface area contributed by atoms with E-state index in [1.165, 1.54) is 5.56 Å². The number of nitrogens with one attached hydrogen (secondary N) is 2. The van der Waals surface area contributed by atoms with Gasteiger partial charge < -0.3 is 10.6 Å². The number of hydrogen-bond acceptors (Lipinski definition) is 3. The lowest BCUT2D eigenvalue weighted by molar-refractivity contribution is -0.115. The van der Waals surface area contributed by atoms with Crippen LogP contribution in [0, 0.1) is 0 Å². The number of benzene rings is 2. The number of carbonyl (C=O) groups excluding carboxylic acids is 2. The van der Waals surface area contributed by atoms with Crippen LogP contribution in [0.4, 0.5) is 5.69 Å². The number of thioether (sulfide) groups is 1. The summed E-state index contributed by atoms with van der Waals surface area (Å²) in [5, 5.41) is 5.27. The molecule has 0 aliphatic carbocycles. The maximum atomic E-state index is 12.2. The van der Waals surface area contributed by atoms with Crippen LogP contribution in [0.25, 0.3) is 0 Å². The molecular weight excluding hydrogens is 308 g/mol. The highest BCUT2D eigenvalue weighted by molar-refractivity contribution is 7.99. The van der Waals surface area contributed by atoms with Crippen LogP contribution < -0.4 is 10.6 Å². The van der Waals surface area contributed by atoms with Crippen molar-refractivity contribution in [3.8, 4) is 0 Å². The smallest absolute Gasteiger partial charge is 0.251 e. The van der Waals surface area contributed by atoms with Crippen molar-refractivity contribution < 1.29 is 9.59 Å². The topological polar surface area (TPSA) is 58.2 Å². The number of carbonyl (C=O) groups is 2. The number of anilines is 1. The minimum atomic E-state index is -0.158. The van der Waals surface area contributed by atoms with Crippen molar-refractivity contribution in [2.75, 3.05) is 12.4 Å². The molecule has 2 N–H and O–H groups in total. The summed E-state index contributed by atoms with van der Waals surface area (Å²) >= 11 is 1.59. The van der Waals surface area contributed by atoms with Crippen molar-refractivity contribution in [2.24, 2.45) is 0 Å². The average molecular weight is 328 g/mol. The van der Waals surface area contributed by atoms with Gasteiger partial charge in [0.25, 0.3) is 5.91 Å². The molecule has 0 aliphatic heterocycles. The van der Waals surface area contributed by atoms with Gasteiger partial charge in [0.1, 0.15) is 0 Å². The van der Waals surface area contributed by atoms with Gasteiger partial charge in [0.05, 0.1) is 5.25 Å². The first-order valence-corrected chi connectivity index (χ1v) is 8.43. The molecule has 1 unspecified atom stereocenters. The van der Waals surface area contributed by atoms with Gasteiger partial charge in [-0.05, 0) is 36.8 Å². The molecule has 0 aliphatic rings. The molecule has 2 aromatic rings. The molecule has 0 heterocycles. The van der Waals surface area contributed by atoms with Crippen LogP contribution in [0.1, 0.15) is 22.8 Å². The molecule has 23 heavy (non-hydrogen) atoms. The van der Waals surface area contributed by atoms with Crippen LogP contribution >= 0.6 is 11.8 Å². The molecule has 2 aromatic carbocycles. The molecule has 2 rings (SSSR count). The zero-order chi connectivity index (χ0) is 16.7. The van der Waals surface area contributed by atoms with Crippen LogP contribution in [0.2, 0.25) is 0 Å². The first-order valence-electron chi connectivity index (χ1n) is 7.38. The van der Waals surface area contributed by atoms with E-state index in [1.807, 2.05) is 25.1 Å². The quantitative estimate of drug-likeness (QED) is 0.855. The van der Waals surface area contributed by atoms with E-state index in [9.17, 15) is 9.59 Å². The van der Waals surface area contributed by atoms with Crippen molar-refractivity contribution in [3.05, 3.63) is 65.7 Å². The highest BCUT2D eigenvalue weighted by Crippen LogP contribution is 2.19. The molecule has 2 amide bonds. The molecule has 0 saturated heterocycles. The molecule has 0 fully saturated rings. The Morgan fingerprint density at radius 1 is 1.04 bits per heavy atom. The Labute approximate surface area is 140 Å². The second-order valence-corrected chi connectivity index (χ2v) is 6.41. The van der Waals surface area contributed by atoms with Gasteiger partial charge in [-0.1, -0.05) is 30.3 Å². The lowest BCUT2D eigenvalue weighted by atomic mass is 10.2.